The summed E-state index contributed by atoms with van der Waals surface area (Å²) in [5, 5.41) is 0. The van der Waals surface area contributed by atoms with Crippen LogP contribution in [0.4, 0.5) is 74.6 Å². The fourth-order valence-electron chi connectivity index (χ4n) is 5.54. The average Bonchev–Trinajstić information content (AvgIpc) is 3.10. The van der Waals surface area contributed by atoms with Crippen molar-refractivity contribution in [2.24, 2.45) is 0 Å². The molecule has 0 aromatic rings. The lowest BCUT2D eigenvalue weighted by molar-refractivity contribution is -0.461. The van der Waals surface area contributed by atoms with Crippen molar-refractivity contribution in [1.82, 2.24) is 0 Å². The third kappa shape index (κ3) is 15.7. The maximum absolute atomic E-state index is 13.9. The Labute approximate surface area is 321 Å². The molecule has 0 saturated carbocycles. The highest BCUT2D eigenvalue weighted by Gasteiger charge is 2.95. The molecule has 0 rings (SSSR count). The molecule has 0 aliphatic carbocycles. The van der Waals surface area contributed by atoms with Crippen molar-refractivity contribution in [2.45, 2.75) is 202 Å². The molecule has 4 nitrogen and oxygen atoms in total. The van der Waals surface area contributed by atoms with Crippen LogP contribution >= 0.6 is 0 Å². The van der Waals surface area contributed by atoms with E-state index in [1.165, 1.54) is 83.5 Å². The number of unbranched alkanes of at least 4 members (excludes halogenated alkanes) is 19. The van der Waals surface area contributed by atoms with Crippen LogP contribution in [-0.2, 0) is 19.1 Å². The van der Waals surface area contributed by atoms with E-state index in [1.54, 1.807) is 0 Å². The number of rotatable bonds is 33. The lowest BCUT2D eigenvalue weighted by Crippen LogP contribution is -2.74. The molecule has 0 N–H and O–H groups in total. The molecule has 0 spiro atoms. The summed E-state index contributed by atoms with van der Waals surface area (Å²) in [4.78, 5) is 23.4. The first-order valence-electron chi connectivity index (χ1n) is 19.1. The van der Waals surface area contributed by atoms with Crippen LogP contribution < -0.4 is 0 Å². The fourth-order valence-corrected chi connectivity index (χ4v) is 5.54. The lowest BCUT2D eigenvalue weighted by atomic mass is 9.88. The second-order valence-electron chi connectivity index (χ2n) is 14.1. The summed E-state index contributed by atoms with van der Waals surface area (Å²) in [5.41, 5.74) is 0. The molecule has 0 aliphatic heterocycles. The van der Waals surface area contributed by atoms with Gasteiger partial charge in [0.05, 0.1) is 32.5 Å². The van der Waals surface area contributed by atoms with Crippen LogP contribution in [0.2, 0.25) is 0 Å². The van der Waals surface area contributed by atoms with Gasteiger partial charge in [0.1, 0.15) is 0 Å². The van der Waals surface area contributed by atoms with Gasteiger partial charge in [0.25, 0.3) is 0 Å². The number of carbonyl (C=O) groups excluding carboxylic acids is 2. The van der Waals surface area contributed by atoms with Crippen molar-refractivity contribution in [3.8, 4) is 0 Å². The molecule has 57 heavy (non-hydrogen) atoms. The zero-order valence-electron chi connectivity index (χ0n) is 31.7. The number of hydrogen-bond acceptors (Lipinski definition) is 4. The van der Waals surface area contributed by atoms with Gasteiger partial charge in [0.2, 0.25) is 0 Å². The molecule has 0 heterocycles. The summed E-state index contributed by atoms with van der Waals surface area (Å²) in [5.74, 6) is -59.8. The Morgan fingerprint density at radius 1 is 0.351 bits per heavy atom. The van der Waals surface area contributed by atoms with E-state index in [1.807, 2.05) is 0 Å². The summed E-state index contributed by atoms with van der Waals surface area (Å²) in [7, 11) is 0. The second-order valence-corrected chi connectivity index (χ2v) is 14.1. The van der Waals surface area contributed by atoms with E-state index in [0.29, 0.717) is 12.8 Å². The van der Waals surface area contributed by atoms with E-state index in [0.717, 1.165) is 32.1 Å². The van der Waals surface area contributed by atoms with Crippen LogP contribution in [0.3, 0.4) is 0 Å². The molecule has 0 fully saturated rings. The molecular weight excluding hydrogens is 819 g/mol. The van der Waals surface area contributed by atoms with Gasteiger partial charge in [-0.15, -0.1) is 0 Å². The van der Waals surface area contributed by atoms with E-state index >= 15 is 0 Å². The number of halogens is 17. The van der Waals surface area contributed by atoms with Gasteiger partial charge >= 0.3 is 59.6 Å². The Morgan fingerprint density at radius 2 is 0.614 bits per heavy atom. The van der Waals surface area contributed by atoms with Crippen LogP contribution in [0.1, 0.15) is 155 Å². The van der Waals surface area contributed by atoms with Gasteiger partial charge in [0.15, 0.2) is 0 Å². The largest absolute Gasteiger partial charge is 0.466 e. The molecule has 0 atom stereocenters. The summed E-state index contributed by atoms with van der Waals surface area (Å²) in [6.07, 6.45) is 10.5. The number of ether oxygens (including phenoxy) is 2. The molecule has 0 bridgehead atoms. The van der Waals surface area contributed by atoms with Crippen LogP contribution in [0.15, 0.2) is 0 Å². The van der Waals surface area contributed by atoms with Crippen LogP contribution in [0.5, 0.6) is 0 Å². The predicted molar refractivity (Wildman–Crippen MR) is 174 cm³/mol. The van der Waals surface area contributed by atoms with Crippen LogP contribution in [0.25, 0.3) is 0 Å². The molecule has 340 valence electrons. The van der Waals surface area contributed by atoms with E-state index in [4.69, 9.17) is 4.74 Å². The smallest absolute Gasteiger partial charge is 0.460 e. The Hall–Kier alpha value is -2.25. The van der Waals surface area contributed by atoms with Crippen molar-refractivity contribution in [3.05, 3.63) is 0 Å². The third-order valence-electron chi connectivity index (χ3n) is 9.26. The number of alkyl halides is 17. The van der Waals surface area contributed by atoms with Crippen molar-refractivity contribution < 1.29 is 93.7 Å². The van der Waals surface area contributed by atoms with E-state index in [9.17, 15) is 84.2 Å². The fraction of sp³-hybridized carbons (Fsp3) is 0.944. The van der Waals surface area contributed by atoms with Crippen molar-refractivity contribution in [1.29, 1.82) is 0 Å². The third-order valence-corrected chi connectivity index (χ3v) is 9.26. The summed E-state index contributed by atoms with van der Waals surface area (Å²) in [6, 6.07) is 0. The van der Waals surface area contributed by atoms with Gasteiger partial charge in [-0.25, -0.2) is 0 Å². The van der Waals surface area contributed by atoms with Gasteiger partial charge in [0, 0.05) is 0 Å². The van der Waals surface area contributed by atoms with Gasteiger partial charge in [-0.05, 0) is 6.42 Å². The quantitative estimate of drug-likeness (QED) is 0.0374. The molecule has 0 aromatic carbocycles. The van der Waals surface area contributed by atoms with Crippen molar-refractivity contribution in [3.63, 3.8) is 0 Å². The highest BCUT2D eigenvalue weighted by Crippen LogP contribution is 2.64. The zero-order chi connectivity index (χ0) is 44.2. The van der Waals surface area contributed by atoms with Gasteiger partial charge in [-0.1, -0.05) is 129 Å². The van der Waals surface area contributed by atoms with Gasteiger partial charge in [-0.2, -0.15) is 74.6 Å². The topological polar surface area (TPSA) is 52.6 Å². The summed E-state index contributed by atoms with van der Waals surface area (Å²) in [6.45, 7) is 0.0859. The summed E-state index contributed by atoms with van der Waals surface area (Å²) < 4.78 is 236. The SMILES string of the molecule is CCCCCCCCCCCCCCCCCCCCCCOC(=O)CCC(=O)OCCC(F)(F)C(F)(F)C(F)(F)C(F)(F)C(F)(F)C(F)(F)C(F)(F)C(F)(F)F. The normalized spacial score (nSPS) is 13.9. The maximum Gasteiger partial charge on any atom is 0.460 e. The standard InChI is InChI=1S/C36H53F17O4/c1-2-3-4-5-6-7-8-9-10-11-12-13-14-15-16-17-18-19-20-21-25-56-27(54)22-23-28(55)57-26-24-29(37,38)30(39,40)31(41,42)32(43,44)33(45,46)34(47,48)35(49,50)36(51,52)53/h2-26H2,1H3. The Bertz CT molecular complexity index is 1140. The minimum atomic E-state index is -8.71. The molecular formula is C36H53F17O4. The molecule has 0 unspecified atom stereocenters. The van der Waals surface area contributed by atoms with Crippen molar-refractivity contribution in [2.75, 3.05) is 13.2 Å². The molecule has 0 saturated heterocycles. The van der Waals surface area contributed by atoms with Gasteiger partial charge in [-0.3, -0.25) is 9.59 Å². The van der Waals surface area contributed by atoms with Crippen molar-refractivity contribution >= 4 is 11.9 Å². The molecule has 21 heteroatoms. The van der Waals surface area contributed by atoms with E-state index in [2.05, 4.69) is 11.7 Å². The number of hydrogen-bond donors (Lipinski definition) is 0. The molecule has 0 radical (unpaired) electrons. The zero-order valence-corrected chi connectivity index (χ0v) is 31.7. The summed E-state index contributed by atoms with van der Waals surface area (Å²) >= 11 is 0. The first-order valence-corrected chi connectivity index (χ1v) is 19.1. The molecule has 0 aliphatic rings. The Morgan fingerprint density at radius 3 is 0.930 bits per heavy atom. The maximum atomic E-state index is 13.9. The predicted octanol–water partition coefficient (Wildman–Crippen LogP) is 14.1. The first kappa shape index (κ1) is 54.8. The highest BCUT2D eigenvalue weighted by molar-refractivity contribution is 5.77. The first-order chi connectivity index (χ1) is 26.1. The lowest BCUT2D eigenvalue weighted by Gasteiger charge is -2.42. The van der Waals surface area contributed by atoms with Crippen LogP contribution in [-0.4, -0.2) is 72.8 Å². The molecule has 0 aromatic heterocycles. The van der Waals surface area contributed by atoms with E-state index < -0.39 is 85.4 Å². The minimum absolute atomic E-state index is 0.0637. The second kappa shape index (κ2) is 24.1. The number of esters is 2. The monoisotopic (exact) mass is 872 g/mol. The van der Waals surface area contributed by atoms with Gasteiger partial charge < -0.3 is 9.47 Å². The Kier molecular flexibility index (Phi) is 23.2. The highest BCUT2D eigenvalue weighted by atomic mass is 19.4. The minimum Gasteiger partial charge on any atom is -0.466 e. The van der Waals surface area contributed by atoms with Crippen LogP contribution in [0, 0.1) is 0 Å². The molecule has 0 amide bonds. The number of carbonyl (C=O) groups is 2. The van der Waals surface area contributed by atoms with E-state index in [-0.39, 0.29) is 6.61 Å². The Balaban J connectivity index is 4.39. The average molecular weight is 873 g/mol.